The van der Waals surface area contributed by atoms with Crippen molar-refractivity contribution in [1.29, 1.82) is 0 Å². The van der Waals surface area contributed by atoms with Crippen molar-refractivity contribution in [2.45, 2.75) is 44.6 Å². The molecule has 9 heteroatoms. The third kappa shape index (κ3) is 3.39. The normalized spacial score (nSPS) is 19.1. The Morgan fingerprint density at radius 2 is 2.11 bits per heavy atom. The molecule has 0 spiro atoms. The van der Waals surface area contributed by atoms with Gasteiger partial charge in [0.15, 0.2) is 11.1 Å². The number of hydrogen-bond donors (Lipinski definition) is 4. The highest BCUT2D eigenvalue weighted by Gasteiger charge is 2.20. The van der Waals surface area contributed by atoms with Crippen molar-refractivity contribution in [2.24, 2.45) is 10.9 Å². The van der Waals surface area contributed by atoms with Gasteiger partial charge in [-0.05, 0) is 37.7 Å². The van der Waals surface area contributed by atoms with Crippen molar-refractivity contribution in [2.75, 3.05) is 11.9 Å². The van der Waals surface area contributed by atoms with E-state index in [1.54, 1.807) is 16.8 Å². The Kier molecular flexibility index (Phi) is 4.14. The summed E-state index contributed by atoms with van der Waals surface area (Å²) in [6, 6.07) is 2.40. The molecule has 146 valence electrons. The number of hydrogen-bond acceptors (Lipinski definition) is 6. The Bertz CT molecular complexity index is 1180. The maximum Gasteiger partial charge on any atom is 0.326 e. The highest BCUT2D eigenvalue weighted by Crippen LogP contribution is 2.28. The zero-order valence-corrected chi connectivity index (χ0v) is 15.5. The summed E-state index contributed by atoms with van der Waals surface area (Å²) in [6.45, 7) is 0.798. The predicted octanol–water partition coefficient (Wildman–Crippen LogP) is 0.664. The van der Waals surface area contributed by atoms with Gasteiger partial charge in [-0.1, -0.05) is 12.8 Å². The van der Waals surface area contributed by atoms with E-state index >= 15 is 0 Å². The number of anilines is 1. The SMILES string of the molecule is O=c1[nH]c(O)c(/C=c2\cnn3c(=NCC4CC4)cc(NC4CCCC4)nc23)[nH]1. The van der Waals surface area contributed by atoms with E-state index in [0.29, 0.717) is 28.5 Å². The van der Waals surface area contributed by atoms with E-state index in [-0.39, 0.29) is 5.88 Å². The van der Waals surface area contributed by atoms with E-state index in [1.165, 1.54) is 25.7 Å². The monoisotopic (exact) mass is 381 g/mol. The van der Waals surface area contributed by atoms with Crippen molar-refractivity contribution in [3.63, 3.8) is 0 Å². The number of imidazole rings is 1. The highest BCUT2D eigenvalue weighted by molar-refractivity contribution is 5.58. The first kappa shape index (κ1) is 17.0. The largest absolute Gasteiger partial charge is 0.493 e. The average molecular weight is 381 g/mol. The summed E-state index contributed by atoms with van der Waals surface area (Å²) in [6.07, 6.45) is 10.6. The van der Waals surface area contributed by atoms with Crippen LogP contribution in [0, 0.1) is 5.92 Å². The molecule has 0 aromatic carbocycles. The molecule has 0 bridgehead atoms. The number of aromatic nitrogens is 5. The van der Waals surface area contributed by atoms with Crippen LogP contribution in [0.5, 0.6) is 5.88 Å². The van der Waals surface area contributed by atoms with Crippen molar-refractivity contribution in [3.8, 4) is 5.88 Å². The molecule has 0 radical (unpaired) electrons. The number of aromatic amines is 2. The molecule has 28 heavy (non-hydrogen) atoms. The second-order valence-electron chi connectivity index (χ2n) is 7.73. The van der Waals surface area contributed by atoms with Gasteiger partial charge in [0, 0.05) is 23.9 Å². The molecule has 0 unspecified atom stereocenters. The van der Waals surface area contributed by atoms with E-state index < -0.39 is 5.69 Å². The molecule has 9 nitrogen and oxygen atoms in total. The number of fused-ring (bicyclic) bond motifs is 1. The molecule has 3 heterocycles. The fourth-order valence-electron chi connectivity index (χ4n) is 3.70. The molecule has 3 aromatic rings. The topological polar surface area (TPSA) is 123 Å². The molecule has 5 rings (SSSR count). The van der Waals surface area contributed by atoms with Crippen molar-refractivity contribution in [3.05, 3.63) is 39.1 Å². The lowest BCUT2D eigenvalue weighted by molar-refractivity contribution is 0.454. The fraction of sp³-hybridized carbons (Fsp3) is 0.474. The maximum absolute atomic E-state index is 11.4. The lowest BCUT2D eigenvalue weighted by atomic mass is 10.2. The van der Waals surface area contributed by atoms with Crippen molar-refractivity contribution >= 4 is 17.5 Å². The minimum atomic E-state index is -0.461. The van der Waals surface area contributed by atoms with Crippen molar-refractivity contribution < 1.29 is 5.11 Å². The van der Waals surface area contributed by atoms with E-state index in [1.807, 2.05) is 6.07 Å². The summed E-state index contributed by atoms with van der Waals surface area (Å²) in [5.41, 5.74) is 1.24. The van der Waals surface area contributed by atoms with E-state index in [4.69, 9.17) is 9.98 Å². The summed E-state index contributed by atoms with van der Waals surface area (Å²) < 4.78 is 1.72. The van der Waals surface area contributed by atoms with Crippen LogP contribution in [-0.4, -0.2) is 42.3 Å². The molecule has 0 atom stereocenters. The van der Waals surface area contributed by atoms with Crippen LogP contribution in [0.1, 0.15) is 44.2 Å². The van der Waals surface area contributed by atoms with Crippen molar-refractivity contribution in [1.82, 2.24) is 24.6 Å². The van der Waals surface area contributed by atoms with Gasteiger partial charge >= 0.3 is 5.69 Å². The van der Waals surface area contributed by atoms with Crippen LogP contribution >= 0.6 is 0 Å². The Hall–Kier alpha value is -3.10. The lowest BCUT2D eigenvalue weighted by Gasteiger charge is -2.12. The summed E-state index contributed by atoms with van der Waals surface area (Å²) in [5, 5.41) is 18.5. The Balaban J connectivity index is 1.63. The van der Waals surface area contributed by atoms with E-state index in [9.17, 15) is 9.90 Å². The molecule has 0 amide bonds. The van der Waals surface area contributed by atoms with E-state index in [2.05, 4.69) is 20.4 Å². The first-order valence-electron chi connectivity index (χ1n) is 9.84. The molecule has 2 aliphatic rings. The number of nitrogens with one attached hydrogen (secondary N) is 3. The zero-order valence-electron chi connectivity index (χ0n) is 15.5. The van der Waals surface area contributed by atoms with Gasteiger partial charge in [-0.2, -0.15) is 9.61 Å². The van der Waals surface area contributed by atoms with Gasteiger partial charge in [0.25, 0.3) is 0 Å². The second-order valence-corrected chi connectivity index (χ2v) is 7.73. The van der Waals surface area contributed by atoms with Crippen LogP contribution in [0.15, 0.2) is 22.1 Å². The average Bonchev–Trinajstić information content (AvgIpc) is 3.03. The first-order valence-corrected chi connectivity index (χ1v) is 9.84. The minimum Gasteiger partial charge on any atom is -0.493 e. The molecular formula is C19H23N7O2. The second kappa shape index (κ2) is 6.81. The van der Waals surface area contributed by atoms with E-state index in [0.717, 1.165) is 30.7 Å². The predicted molar refractivity (Wildman–Crippen MR) is 104 cm³/mol. The number of rotatable bonds is 5. The van der Waals surface area contributed by atoms with Gasteiger partial charge in [-0.25, -0.2) is 9.78 Å². The van der Waals surface area contributed by atoms with Gasteiger partial charge in [0.05, 0.1) is 6.20 Å². The molecule has 0 saturated heterocycles. The molecule has 4 N–H and O–H groups in total. The standard InChI is InChI=1S/C19H23N7O2/c27-18-14(23-19(28)25-18)7-12-10-21-26-16(20-9-11-5-6-11)8-15(24-17(12)26)22-13-3-1-2-4-13/h7-8,10-11,13,22,27H,1-6,9H2,(H2,23,25,28)/b12-7+,20-16?. The van der Waals surface area contributed by atoms with Crippen LogP contribution in [0.4, 0.5) is 5.82 Å². The molecule has 2 aliphatic carbocycles. The summed E-state index contributed by atoms with van der Waals surface area (Å²) >= 11 is 0. The third-order valence-electron chi connectivity index (χ3n) is 5.43. The van der Waals surface area contributed by atoms with Gasteiger partial charge < -0.3 is 15.4 Å². The lowest BCUT2D eigenvalue weighted by Crippen LogP contribution is -2.23. The quantitative estimate of drug-likeness (QED) is 0.517. The molecule has 0 aliphatic heterocycles. The van der Waals surface area contributed by atoms with Gasteiger partial charge in [-0.15, -0.1) is 0 Å². The maximum atomic E-state index is 11.4. The number of aromatic hydroxyl groups is 1. The van der Waals surface area contributed by atoms with Crippen LogP contribution in [-0.2, 0) is 0 Å². The van der Waals surface area contributed by atoms with Crippen LogP contribution in [0.25, 0.3) is 11.7 Å². The summed E-state index contributed by atoms with van der Waals surface area (Å²) in [5.74, 6) is 1.26. The Morgan fingerprint density at radius 3 is 2.82 bits per heavy atom. The van der Waals surface area contributed by atoms with Gasteiger partial charge in [0.2, 0.25) is 5.88 Å². The molecule has 2 saturated carbocycles. The fourth-order valence-corrected chi connectivity index (χ4v) is 3.70. The Morgan fingerprint density at radius 1 is 1.29 bits per heavy atom. The first-order chi connectivity index (χ1) is 13.7. The Labute approximate surface area is 160 Å². The summed E-state index contributed by atoms with van der Waals surface area (Å²) in [7, 11) is 0. The summed E-state index contributed by atoms with van der Waals surface area (Å²) in [4.78, 5) is 25.8. The third-order valence-corrected chi connectivity index (χ3v) is 5.43. The minimum absolute atomic E-state index is 0.205. The van der Waals surface area contributed by atoms with Gasteiger partial charge in [0.1, 0.15) is 11.5 Å². The van der Waals surface area contributed by atoms with Crippen LogP contribution in [0.2, 0.25) is 0 Å². The highest BCUT2D eigenvalue weighted by atomic mass is 16.3. The molecule has 3 aromatic heterocycles. The van der Waals surface area contributed by atoms with Gasteiger partial charge in [-0.3, -0.25) is 9.98 Å². The molecular weight excluding hydrogens is 358 g/mol. The van der Waals surface area contributed by atoms with Crippen LogP contribution in [0.3, 0.4) is 0 Å². The smallest absolute Gasteiger partial charge is 0.326 e. The zero-order chi connectivity index (χ0) is 19.1. The number of nitrogens with zero attached hydrogens (tertiary/aromatic N) is 4. The molecule has 2 fully saturated rings. The van der Waals surface area contributed by atoms with Crippen LogP contribution < -0.4 is 21.7 Å². The number of H-pyrrole nitrogens is 2.